The SMILES string of the molecule is CCCCON1C(=O)N2CC1C=C(CO[Si](C)(C)C(C)(C)C)[C@H]2C(N)=O. The van der Waals surface area contributed by atoms with Gasteiger partial charge in [0.1, 0.15) is 6.04 Å². The molecule has 8 heteroatoms. The Morgan fingerprint density at radius 2 is 2.04 bits per heavy atom. The highest BCUT2D eigenvalue weighted by molar-refractivity contribution is 6.74. The lowest BCUT2D eigenvalue weighted by Crippen LogP contribution is -2.50. The Balaban J connectivity index is 2.18. The number of carbonyl (C=O) groups excluding carboxylic acids is 2. The second-order valence-corrected chi connectivity index (χ2v) is 13.4. The second kappa shape index (κ2) is 7.70. The van der Waals surface area contributed by atoms with E-state index < -0.39 is 20.3 Å². The molecule has 2 aliphatic rings. The quantitative estimate of drug-likeness (QED) is 0.397. The molecular formula is C18H33N3O4Si. The molecule has 0 aliphatic carbocycles. The number of fused-ring (bicyclic) bond motifs is 2. The second-order valence-electron chi connectivity index (χ2n) is 8.61. The Kier molecular flexibility index (Phi) is 6.19. The molecule has 0 saturated carbocycles. The Morgan fingerprint density at radius 3 is 2.58 bits per heavy atom. The fourth-order valence-corrected chi connectivity index (χ4v) is 3.86. The van der Waals surface area contributed by atoms with E-state index in [0.29, 0.717) is 19.8 Å². The molecular weight excluding hydrogens is 350 g/mol. The maximum absolute atomic E-state index is 12.7. The number of hydroxylamine groups is 2. The summed E-state index contributed by atoms with van der Waals surface area (Å²) in [4.78, 5) is 31.9. The Bertz CT molecular complexity index is 585. The first-order valence-electron chi connectivity index (χ1n) is 9.36. The van der Waals surface area contributed by atoms with Gasteiger partial charge in [0.15, 0.2) is 8.32 Å². The minimum absolute atomic E-state index is 0.0643. The zero-order chi connectivity index (χ0) is 19.7. The first-order chi connectivity index (χ1) is 12.0. The van der Waals surface area contributed by atoms with Crippen LogP contribution in [0.25, 0.3) is 0 Å². The van der Waals surface area contributed by atoms with E-state index in [1.165, 1.54) is 9.96 Å². The van der Waals surface area contributed by atoms with Crippen LogP contribution in [0, 0.1) is 0 Å². The predicted molar refractivity (Wildman–Crippen MR) is 103 cm³/mol. The van der Waals surface area contributed by atoms with Crippen LogP contribution in [0.2, 0.25) is 18.1 Å². The minimum Gasteiger partial charge on any atom is -0.413 e. The first kappa shape index (κ1) is 20.9. The van der Waals surface area contributed by atoms with Crippen molar-refractivity contribution >= 4 is 20.3 Å². The Morgan fingerprint density at radius 1 is 1.38 bits per heavy atom. The van der Waals surface area contributed by atoms with Gasteiger partial charge in [-0.15, -0.1) is 0 Å². The number of hydrogen-bond acceptors (Lipinski definition) is 4. The molecule has 3 amide bonds. The number of primary amides is 1. The van der Waals surface area contributed by atoms with Crippen molar-refractivity contribution in [3.05, 3.63) is 11.6 Å². The maximum Gasteiger partial charge on any atom is 0.345 e. The summed E-state index contributed by atoms with van der Waals surface area (Å²) in [6.07, 6.45) is 3.79. The molecule has 0 aromatic heterocycles. The van der Waals surface area contributed by atoms with Crippen LogP contribution in [0.3, 0.4) is 0 Å². The summed E-state index contributed by atoms with van der Waals surface area (Å²) in [7, 11) is -1.98. The molecule has 148 valence electrons. The first-order valence-corrected chi connectivity index (χ1v) is 12.3. The normalized spacial score (nSPS) is 23.5. The van der Waals surface area contributed by atoms with E-state index in [1.54, 1.807) is 0 Å². The topological polar surface area (TPSA) is 85.1 Å². The van der Waals surface area contributed by atoms with Crippen LogP contribution in [0.1, 0.15) is 40.5 Å². The minimum atomic E-state index is -1.98. The average molecular weight is 384 g/mol. The maximum atomic E-state index is 12.7. The van der Waals surface area contributed by atoms with Crippen LogP contribution in [-0.4, -0.2) is 62.1 Å². The standard InChI is InChI=1S/C18H33N3O4Si/c1-7-8-9-24-21-14-10-13(12-25-26(5,6)18(2,3)4)15(16(19)22)20(11-14)17(21)23/h10,14-15H,7-9,11-12H2,1-6H3,(H2,19,22)/t14?,15-/m0/s1. The van der Waals surface area contributed by atoms with E-state index in [4.69, 9.17) is 15.0 Å². The third-order valence-electron chi connectivity index (χ3n) is 5.59. The van der Waals surface area contributed by atoms with Gasteiger partial charge in [-0.3, -0.25) is 9.63 Å². The van der Waals surface area contributed by atoms with Crippen LogP contribution in [-0.2, 0) is 14.1 Å². The van der Waals surface area contributed by atoms with Crippen LogP contribution in [0.5, 0.6) is 0 Å². The van der Waals surface area contributed by atoms with Gasteiger partial charge in [0.05, 0.1) is 25.8 Å². The number of nitrogens with two attached hydrogens (primary N) is 1. The highest BCUT2D eigenvalue weighted by Crippen LogP contribution is 2.38. The van der Waals surface area contributed by atoms with Crippen LogP contribution in [0.4, 0.5) is 4.79 Å². The number of urea groups is 1. The third kappa shape index (κ3) is 4.13. The number of unbranched alkanes of at least 4 members (excludes halogenated alkanes) is 1. The number of nitrogens with zero attached hydrogens (tertiary/aromatic N) is 2. The fraction of sp³-hybridized carbons (Fsp3) is 0.778. The molecule has 2 heterocycles. The summed E-state index contributed by atoms with van der Waals surface area (Å²) in [6, 6.07) is -1.26. The van der Waals surface area contributed by atoms with Gasteiger partial charge in [-0.2, -0.15) is 5.06 Å². The van der Waals surface area contributed by atoms with Crippen molar-refractivity contribution in [3.8, 4) is 0 Å². The van der Waals surface area contributed by atoms with E-state index in [0.717, 1.165) is 18.4 Å². The van der Waals surface area contributed by atoms with E-state index in [1.807, 2.05) is 6.08 Å². The van der Waals surface area contributed by atoms with Gasteiger partial charge in [0.25, 0.3) is 0 Å². The molecule has 2 atom stereocenters. The highest BCUT2D eigenvalue weighted by atomic mass is 28.4. The van der Waals surface area contributed by atoms with Crippen LogP contribution in [0.15, 0.2) is 11.6 Å². The molecule has 1 fully saturated rings. The molecule has 0 aromatic rings. The van der Waals surface area contributed by atoms with Gasteiger partial charge < -0.3 is 15.1 Å². The van der Waals surface area contributed by atoms with Gasteiger partial charge in [0, 0.05) is 0 Å². The van der Waals surface area contributed by atoms with Crippen molar-refractivity contribution in [2.75, 3.05) is 19.8 Å². The van der Waals surface area contributed by atoms with Gasteiger partial charge >= 0.3 is 6.03 Å². The summed E-state index contributed by atoms with van der Waals surface area (Å²) < 4.78 is 6.27. The average Bonchev–Trinajstić information content (AvgIpc) is 2.76. The van der Waals surface area contributed by atoms with Gasteiger partial charge in [-0.05, 0) is 30.1 Å². The number of carbonyl (C=O) groups is 2. The van der Waals surface area contributed by atoms with Crippen molar-refractivity contribution in [1.82, 2.24) is 9.96 Å². The lowest BCUT2D eigenvalue weighted by molar-refractivity contribution is -0.123. The molecule has 2 N–H and O–H groups in total. The zero-order valence-electron chi connectivity index (χ0n) is 16.9. The molecule has 2 rings (SSSR count). The molecule has 26 heavy (non-hydrogen) atoms. The van der Waals surface area contributed by atoms with Crippen LogP contribution >= 0.6 is 0 Å². The summed E-state index contributed by atoms with van der Waals surface area (Å²) in [5, 5.41) is 1.44. The van der Waals surface area contributed by atoms with E-state index >= 15 is 0 Å². The van der Waals surface area contributed by atoms with Crippen molar-refractivity contribution < 1.29 is 18.9 Å². The van der Waals surface area contributed by atoms with Crippen molar-refractivity contribution in [1.29, 1.82) is 0 Å². The molecule has 1 saturated heterocycles. The summed E-state index contributed by atoms with van der Waals surface area (Å²) in [6.45, 7) is 14.1. The van der Waals surface area contributed by atoms with E-state index in [-0.39, 0.29) is 17.1 Å². The monoisotopic (exact) mass is 383 g/mol. The lowest BCUT2D eigenvalue weighted by Gasteiger charge is -2.38. The lowest BCUT2D eigenvalue weighted by atomic mass is 9.99. The molecule has 7 nitrogen and oxygen atoms in total. The summed E-state index contributed by atoms with van der Waals surface area (Å²) in [5.41, 5.74) is 6.38. The molecule has 2 bridgehead atoms. The number of rotatable bonds is 8. The van der Waals surface area contributed by atoms with Crippen molar-refractivity contribution in [2.45, 2.75) is 70.8 Å². The highest BCUT2D eigenvalue weighted by Gasteiger charge is 2.48. The van der Waals surface area contributed by atoms with Gasteiger partial charge in [-0.1, -0.05) is 40.2 Å². The van der Waals surface area contributed by atoms with Crippen molar-refractivity contribution in [2.24, 2.45) is 5.73 Å². The Hall–Kier alpha value is -1.38. The smallest absolute Gasteiger partial charge is 0.345 e. The zero-order valence-corrected chi connectivity index (χ0v) is 17.9. The number of amides is 3. The summed E-state index contributed by atoms with van der Waals surface area (Å²) >= 11 is 0. The Labute approximate surface area is 157 Å². The molecule has 0 aromatic carbocycles. The van der Waals surface area contributed by atoms with E-state index in [9.17, 15) is 9.59 Å². The number of hydrogen-bond donors (Lipinski definition) is 1. The van der Waals surface area contributed by atoms with Gasteiger partial charge in [0.2, 0.25) is 5.91 Å². The van der Waals surface area contributed by atoms with Crippen molar-refractivity contribution in [3.63, 3.8) is 0 Å². The predicted octanol–water partition coefficient (Wildman–Crippen LogP) is 2.64. The molecule has 0 radical (unpaired) electrons. The molecule has 2 aliphatic heterocycles. The largest absolute Gasteiger partial charge is 0.413 e. The fourth-order valence-electron chi connectivity index (χ4n) is 2.90. The van der Waals surface area contributed by atoms with E-state index in [2.05, 4.69) is 40.8 Å². The summed E-state index contributed by atoms with van der Waals surface area (Å²) in [5.74, 6) is -0.530. The van der Waals surface area contributed by atoms with Crippen LogP contribution < -0.4 is 5.73 Å². The third-order valence-corrected chi connectivity index (χ3v) is 10.1. The molecule has 0 spiro atoms. The van der Waals surface area contributed by atoms with Gasteiger partial charge in [-0.25, -0.2) is 4.79 Å². The molecule has 1 unspecified atom stereocenters.